The molecule has 158 valence electrons. The Morgan fingerprint density at radius 2 is 2.10 bits per heavy atom. The zero-order valence-corrected chi connectivity index (χ0v) is 15.9. The van der Waals surface area contributed by atoms with Crippen LogP contribution in [0.3, 0.4) is 0 Å². The quantitative estimate of drug-likeness (QED) is 0.141. The molecule has 1 aromatic heterocycles. The fraction of sp³-hybridized carbons (Fsp3) is 0.263. The summed E-state index contributed by atoms with van der Waals surface area (Å²) in [4.78, 5) is 20.7. The summed E-state index contributed by atoms with van der Waals surface area (Å²) in [5.74, 6) is 1.19. The van der Waals surface area contributed by atoms with Gasteiger partial charge in [0.15, 0.2) is 0 Å². The summed E-state index contributed by atoms with van der Waals surface area (Å²) in [6, 6.07) is 10.7. The lowest BCUT2D eigenvalue weighted by atomic mass is 10.0. The molecule has 0 atom stereocenters. The van der Waals surface area contributed by atoms with Crippen LogP contribution in [0.5, 0.6) is 0 Å². The number of halogens is 2. The van der Waals surface area contributed by atoms with E-state index in [2.05, 4.69) is 20.9 Å². The van der Waals surface area contributed by atoms with Gasteiger partial charge < -0.3 is 16.9 Å². The van der Waals surface area contributed by atoms with Crippen LogP contribution in [0.4, 0.5) is 14.6 Å². The van der Waals surface area contributed by atoms with Gasteiger partial charge in [0, 0.05) is 12.0 Å². The van der Waals surface area contributed by atoms with Gasteiger partial charge in [0.2, 0.25) is 5.91 Å². The fourth-order valence-corrected chi connectivity index (χ4v) is 2.65. The maximum Gasteiger partial charge on any atom is 0.290 e. The molecule has 30 heavy (non-hydrogen) atoms. The van der Waals surface area contributed by atoms with Gasteiger partial charge in [0.05, 0.1) is 30.8 Å². The number of hydrazone groups is 1. The number of hydrogen-bond donors (Lipinski definition) is 4. The predicted molar refractivity (Wildman–Crippen MR) is 106 cm³/mol. The first-order valence-corrected chi connectivity index (χ1v) is 8.85. The molecule has 6 N–H and O–H groups in total. The Bertz CT molecular complexity index is 930. The predicted octanol–water partition coefficient (Wildman–Crippen LogP) is 1.15. The van der Waals surface area contributed by atoms with E-state index in [0.717, 1.165) is 6.34 Å². The number of benzene rings is 1. The van der Waals surface area contributed by atoms with E-state index in [-0.39, 0.29) is 47.7 Å². The smallest absolute Gasteiger partial charge is 0.290 e. The first kappa shape index (κ1) is 22.5. The van der Waals surface area contributed by atoms with Crippen molar-refractivity contribution >= 4 is 18.1 Å². The Labute approximate surface area is 171 Å². The zero-order valence-electron chi connectivity index (χ0n) is 15.9. The first-order valence-electron chi connectivity index (χ1n) is 8.85. The third kappa shape index (κ3) is 6.39. The molecule has 9 nitrogen and oxygen atoms in total. The number of primary amides is 1. The van der Waals surface area contributed by atoms with Gasteiger partial charge >= 0.3 is 0 Å². The van der Waals surface area contributed by atoms with Crippen molar-refractivity contribution in [3.8, 4) is 6.07 Å². The highest BCUT2D eigenvalue weighted by Gasteiger charge is 2.31. The van der Waals surface area contributed by atoms with Crippen molar-refractivity contribution in [2.24, 2.45) is 16.7 Å². The molecule has 0 bridgehead atoms. The highest BCUT2D eigenvalue weighted by atomic mass is 19.3. The summed E-state index contributed by atoms with van der Waals surface area (Å²) in [6.07, 6.45) is 1.03. The van der Waals surface area contributed by atoms with Crippen LogP contribution >= 0.6 is 0 Å². The normalized spacial score (nSPS) is 11.2. The van der Waals surface area contributed by atoms with Gasteiger partial charge in [-0.2, -0.15) is 19.1 Å². The average Bonchev–Trinajstić information content (AvgIpc) is 2.72. The molecule has 0 fully saturated rings. The third-order valence-electron chi connectivity index (χ3n) is 3.99. The maximum atomic E-state index is 14.5. The van der Waals surface area contributed by atoms with Crippen molar-refractivity contribution in [3.63, 3.8) is 0 Å². The van der Waals surface area contributed by atoms with E-state index in [1.807, 2.05) is 6.07 Å². The van der Waals surface area contributed by atoms with Gasteiger partial charge in [-0.3, -0.25) is 15.1 Å². The molecule has 2 rings (SSSR count). The van der Waals surface area contributed by atoms with Gasteiger partial charge in [-0.05, 0) is 11.6 Å². The fourth-order valence-electron chi connectivity index (χ4n) is 2.65. The van der Waals surface area contributed by atoms with Crippen molar-refractivity contribution in [2.75, 3.05) is 18.5 Å². The first-order chi connectivity index (χ1) is 14.4. The Morgan fingerprint density at radius 1 is 1.37 bits per heavy atom. The molecular formula is C19H21F2N7O2. The zero-order chi connectivity index (χ0) is 22.0. The average molecular weight is 417 g/mol. The maximum absolute atomic E-state index is 14.5. The van der Waals surface area contributed by atoms with E-state index in [1.54, 1.807) is 6.07 Å². The number of rotatable bonds is 11. The molecule has 0 aliphatic rings. The van der Waals surface area contributed by atoms with Crippen molar-refractivity contribution in [1.29, 1.82) is 5.26 Å². The van der Waals surface area contributed by atoms with Gasteiger partial charge in [-0.25, -0.2) is 4.98 Å². The molecular weight excluding hydrogens is 396 g/mol. The minimum atomic E-state index is -3.16. The molecule has 1 heterocycles. The molecule has 0 saturated carbocycles. The van der Waals surface area contributed by atoms with E-state index < -0.39 is 18.4 Å². The number of aromatic nitrogens is 1. The van der Waals surface area contributed by atoms with Gasteiger partial charge in [-0.1, -0.05) is 30.3 Å². The number of alkyl halides is 2. The Kier molecular flexibility index (Phi) is 8.01. The lowest BCUT2D eigenvalue weighted by Crippen LogP contribution is -2.25. The summed E-state index contributed by atoms with van der Waals surface area (Å²) in [6.45, 7) is -0.649. The molecule has 0 aliphatic carbocycles. The number of nitrogens with one attached hydrogen (secondary N) is 2. The SMILES string of the molecule is N#Cc1c(CC(N)=O)cc(NCC(F)(F)c2ccccc2)nc1CCONC=NN. The van der Waals surface area contributed by atoms with E-state index >= 15 is 0 Å². The topological polar surface area (TPSA) is 151 Å². The molecule has 1 amide bonds. The second-order valence-corrected chi connectivity index (χ2v) is 6.16. The van der Waals surface area contributed by atoms with Crippen molar-refractivity contribution in [1.82, 2.24) is 10.5 Å². The molecule has 11 heteroatoms. The van der Waals surface area contributed by atoms with Crippen LogP contribution in [0.25, 0.3) is 0 Å². The number of hydroxylamine groups is 1. The number of carbonyl (C=O) groups is 1. The minimum absolute atomic E-state index is 0.0767. The molecule has 0 saturated heterocycles. The minimum Gasteiger partial charge on any atom is -0.369 e. The molecule has 0 unspecified atom stereocenters. The summed E-state index contributed by atoms with van der Waals surface area (Å²) in [5, 5.41) is 15.2. The lowest BCUT2D eigenvalue weighted by molar-refractivity contribution is -0.117. The number of nitrogens with two attached hydrogens (primary N) is 2. The van der Waals surface area contributed by atoms with Crippen LogP contribution in [0.2, 0.25) is 0 Å². The summed E-state index contributed by atoms with van der Waals surface area (Å²) in [7, 11) is 0. The Morgan fingerprint density at radius 3 is 2.73 bits per heavy atom. The number of nitriles is 1. The van der Waals surface area contributed by atoms with Crippen molar-refractivity contribution in [3.05, 3.63) is 58.8 Å². The van der Waals surface area contributed by atoms with E-state index in [4.69, 9.17) is 16.4 Å². The highest BCUT2D eigenvalue weighted by Crippen LogP contribution is 2.28. The number of pyridine rings is 1. The molecule has 1 aromatic carbocycles. The van der Waals surface area contributed by atoms with Gasteiger partial charge in [0.1, 0.15) is 18.2 Å². The van der Waals surface area contributed by atoms with Gasteiger partial charge in [0.25, 0.3) is 5.92 Å². The van der Waals surface area contributed by atoms with Crippen LogP contribution in [-0.4, -0.2) is 30.4 Å². The van der Waals surface area contributed by atoms with Crippen LogP contribution in [0, 0.1) is 11.3 Å². The van der Waals surface area contributed by atoms with E-state index in [9.17, 15) is 18.8 Å². The van der Waals surface area contributed by atoms with Crippen molar-refractivity contribution < 1.29 is 18.4 Å². The number of hydrogen-bond acceptors (Lipinski definition) is 7. The molecule has 0 radical (unpaired) electrons. The van der Waals surface area contributed by atoms with E-state index in [0.29, 0.717) is 0 Å². The molecule has 2 aromatic rings. The number of amides is 1. The monoisotopic (exact) mass is 417 g/mol. The van der Waals surface area contributed by atoms with Crippen molar-refractivity contribution in [2.45, 2.75) is 18.8 Å². The van der Waals surface area contributed by atoms with Crippen LogP contribution in [-0.2, 0) is 28.4 Å². The number of nitrogens with zero attached hydrogens (tertiary/aromatic N) is 3. The molecule has 0 aliphatic heterocycles. The summed E-state index contributed by atoms with van der Waals surface area (Å²) >= 11 is 0. The highest BCUT2D eigenvalue weighted by molar-refractivity contribution is 5.78. The summed E-state index contributed by atoms with van der Waals surface area (Å²) < 4.78 is 28.9. The number of carbonyl (C=O) groups excluding carboxylic acids is 1. The van der Waals surface area contributed by atoms with Crippen LogP contribution in [0.15, 0.2) is 41.5 Å². The second kappa shape index (κ2) is 10.7. The van der Waals surface area contributed by atoms with E-state index in [1.165, 1.54) is 30.3 Å². The van der Waals surface area contributed by atoms with Crippen LogP contribution < -0.4 is 22.4 Å². The van der Waals surface area contributed by atoms with Gasteiger partial charge in [-0.15, -0.1) is 0 Å². The third-order valence-corrected chi connectivity index (χ3v) is 3.99. The number of anilines is 1. The lowest BCUT2D eigenvalue weighted by Gasteiger charge is -2.19. The Hall–Kier alpha value is -3.78. The standard InChI is InChI=1S/C19H21F2N7O2/c20-19(21,14-4-2-1-3-5-14)11-25-18-9-13(8-17(23)29)15(10-22)16(28-18)6-7-30-27-12-26-24/h1-5,9,12H,6-8,11,24H2,(H2,23,29)(H,25,28)(H,26,27). The van der Waals surface area contributed by atoms with Crippen LogP contribution in [0.1, 0.15) is 22.4 Å². The largest absolute Gasteiger partial charge is 0.369 e. The summed E-state index contributed by atoms with van der Waals surface area (Å²) in [5.41, 5.74) is 8.16. The molecule has 0 spiro atoms. The second-order valence-electron chi connectivity index (χ2n) is 6.16. The Balaban J connectivity index is 2.24.